The molecule has 2 amide bonds. The molecule has 1 heterocycles. The summed E-state index contributed by atoms with van der Waals surface area (Å²) in [5.41, 5.74) is 1.37. The van der Waals surface area contributed by atoms with Crippen molar-refractivity contribution >= 4 is 52.5 Å². The highest BCUT2D eigenvalue weighted by molar-refractivity contribution is 7.98. The van der Waals surface area contributed by atoms with E-state index in [1.165, 1.54) is 18.0 Å². The lowest BCUT2D eigenvalue weighted by Crippen LogP contribution is -2.33. The summed E-state index contributed by atoms with van der Waals surface area (Å²) in [6.45, 7) is 1.57. The fraction of sp³-hybridized carbons (Fsp3) is 0.200. The van der Waals surface area contributed by atoms with Gasteiger partial charge < -0.3 is 10.6 Å². The normalized spacial score (nSPS) is 10.3. The number of hydrogen-bond donors (Lipinski definition) is 2. The van der Waals surface area contributed by atoms with Gasteiger partial charge in [0.25, 0.3) is 5.91 Å². The highest BCUT2D eigenvalue weighted by Gasteiger charge is 2.15. The van der Waals surface area contributed by atoms with Crippen molar-refractivity contribution in [3.8, 4) is 0 Å². The van der Waals surface area contributed by atoms with Crippen molar-refractivity contribution in [3.63, 3.8) is 0 Å². The van der Waals surface area contributed by atoms with Crippen molar-refractivity contribution in [3.05, 3.63) is 45.7 Å². The van der Waals surface area contributed by atoms with Gasteiger partial charge in [0.1, 0.15) is 0 Å². The topological polar surface area (TPSA) is 84.0 Å². The van der Waals surface area contributed by atoms with E-state index in [-0.39, 0.29) is 23.2 Å². The highest BCUT2D eigenvalue weighted by atomic mass is 35.5. The number of benzene rings is 1. The molecule has 0 bridgehead atoms. The van der Waals surface area contributed by atoms with Crippen LogP contribution in [0.2, 0.25) is 10.0 Å². The number of nitrogens with one attached hydrogen (secondary N) is 2. The molecule has 0 spiro atoms. The predicted molar refractivity (Wildman–Crippen MR) is 96.0 cm³/mol. The molecule has 2 rings (SSSR count). The summed E-state index contributed by atoms with van der Waals surface area (Å²) in [5, 5.41) is 6.26. The summed E-state index contributed by atoms with van der Waals surface area (Å²) in [5.74, 6) is -0.931. The summed E-state index contributed by atoms with van der Waals surface area (Å²) in [6.07, 6.45) is 3.14. The Kier molecular flexibility index (Phi) is 6.42. The van der Waals surface area contributed by atoms with Crippen LogP contribution in [0, 0.1) is 6.92 Å². The van der Waals surface area contributed by atoms with Gasteiger partial charge in [0, 0.05) is 10.7 Å². The molecule has 0 fully saturated rings. The number of carbonyl (C=O) groups excluding carboxylic acids is 2. The molecule has 1 aromatic carbocycles. The van der Waals surface area contributed by atoms with Gasteiger partial charge in [-0.15, -0.1) is 0 Å². The minimum Gasteiger partial charge on any atom is -0.342 e. The molecule has 2 N–H and O–H groups in total. The van der Waals surface area contributed by atoms with Crippen molar-refractivity contribution in [1.29, 1.82) is 0 Å². The van der Waals surface area contributed by atoms with Crippen LogP contribution >= 0.6 is 35.0 Å². The Labute approximate surface area is 153 Å². The zero-order valence-corrected chi connectivity index (χ0v) is 15.2. The lowest BCUT2D eigenvalue weighted by molar-refractivity contribution is -0.115. The lowest BCUT2D eigenvalue weighted by atomic mass is 10.2. The molecule has 0 saturated heterocycles. The molecule has 9 heteroatoms. The molecule has 0 saturated carbocycles. The number of aromatic nitrogens is 2. The van der Waals surface area contributed by atoms with Crippen LogP contribution in [0.15, 0.2) is 29.6 Å². The van der Waals surface area contributed by atoms with Crippen molar-refractivity contribution in [2.45, 2.75) is 12.1 Å². The first-order chi connectivity index (χ1) is 11.4. The first-order valence-corrected chi connectivity index (χ1v) is 8.80. The van der Waals surface area contributed by atoms with Crippen LogP contribution in [0.1, 0.15) is 16.1 Å². The number of halogens is 2. The van der Waals surface area contributed by atoms with E-state index in [2.05, 4.69) is 20.6 Å². The fourth-order valence-corrected chi connectivity index (χ4v) is 2.48. The maximum absolute atomic E-state index is 12.1. The summed E-state index contributed by atoms with van der Waals surface area (Å²) >= 11 is 13.2. The fourth-order valence-electron chi connectivity index (χ4n) is 1.79. The Morgan fingerprint density at radius 1 is 1.25 bits per heavy atom. The average molecular weight is 385 g/mol. The smallest absolute Gasteiger partial charge is 0.272 e. The Balaban J connectivity index is 1.99. The minimum absolute atomic E-state index is 0.0303. The van der Waals surface area contributed by atoms with Crippen LogP contribution in [0.3, 0.4) is 0 Å². The third-order valence-corrected chi connectivity index (χ3v) is 4.32. The van der Waals surface area contributed by atoms with Crippen molar-refractivity contribution in [2.24, 2.45) is 0 Å². The predicted octanol–water partition coefficient (Wildman–Crippen LogP) is 3.18. The maximum Gasteiger partial charge on any atom is 0.272 e. The van der Waals surface area contributed by atoms with Gasteiger partial charge in [-0.1, -0.05) is 41.0 Å². The number of hydrogen-bond acceptors (Lipinski definition) is 5. The number of rotatable bonds is 5. The summed E-state index contributed by atoms with van der Waals surface area (Å²) in [6, 6.07) is 5.19. The monoisotopic (exact) mass is 384 g/mol. The lowest BCUT2D eigenvalue weighted by Gasteiger charge is -2.10. The van der Waals surface area contributed by atoms with Gasteiger partial charge in [-0.05, 0) is 30.9 Å². The number of thioether (sulfide) groups is 1. The van der Waals surface area contributed by atoms with E-state index in [4.69, 9.17) is 23.2 Å². The van der Waals surface area contributed by atoms with Crippen molar-refractivity contribution in [2.75, 3.05) is 18.1 Å². The zero-order chi connectivity index (χ0) is 17.7. The maximum atomic E-state index is 12.1. The molecule has 0 aliphatic rings. The van der Waals surface area contributed by atoms with Gasteiger partial charge in [0.2, 0.25) is 5.91 Å². The highest BCUT2D eigenvalue weighted by Crippen LogP contribution is 2.22. The van der Waals surface area contributed by atoms with Gasteiger partial charge >= 0.3 is 0 Å². The number of amides is 2. The molecule has 6 nitrogen and oxygen atoms in total. The first-order valence-electron chi connectivity index (χ1n) is 6.82. The van der Waals surface area contributed by atoms with Crippen LogP contribution < -0.4 is 10.6 Å². The van der Waals surface area contributed by atoms with E-state index in [1.807, 2.05) is 0 Å². The van der Waals surface area contributed by atoms with Crippen LogP contribution in [0.4, 0.5) is 5.69 Å². The second kappa shape index (κ2) is 8.32. The van der Waals surface area contributed by atoms with Crippen molar-refractivity contribution in [1.82, 2.24) is 15.3 Å². The van der Waals surface area contributed by atoms with Crippen LogP contribution in [0.5, 0.6) is 0 Å². The molecule has 0 aliphatic carbocycles. The summed E-state index contributed by atoms with van der Waals surface area (Å²) in [4.78, 5) is 32.1. The molecular weight excluding hydrogens is 371 g/mol. The van der Waals surface area contributed by atoms with E-state index in [9.17, 15) is 9.59 Å². The van der Waals surface area contributed by atoms with E-state index in [1.54, 1.807) is 31.4 Å². The van der Waals surface area contributed by atoms with Gasteiger partial charge in [0.05, 0.1) is 17.8 Å². The standard InChI is InChI=1S/C15H14Cl2N4O2S/c1-8-9(16)4-3-5-11(8)20-12(22)7-18-14(23)13-10(17)6-19-15(21-13)24-2/h3-6H,7H2,1-2H3,(H,18,23)(H,20,22). The third kappa shape index (κ3) is 4.59. The molecular formula is C15H14Cl2N4O2S. The summed E-state index contributed by atoms with van der Waals surface area (Å²) < 4.78 is 0. The molecule has 2 aromatic rings. The second-order valence-electron chi connectivity index (χ2n) is 4.70. The quantitative estimate of drug-likeness (QED) is 0.610. The number of carbonyl (C=O) groups is 2. The Hall–Kier alpha value is -1.83. The number of anilines is 1. The SMILES string of the molecule is CSc1ncc(Cl)c(C(=O)NCC(=O)Nc2cccc(Cl)c2C)n1. The average Bonchev–Trinajstić information content (AvgIpc) is 2.57. The van der Waals surface area contributed by atoms with Gasteiger partial charge in [0.15, 0.2) is 10.9 Å². The minimum atomic E-state index is -0.546. The molecule has 0 unspecified atom stereocenters. The molecule has 0 radical (unpaired) electrons. The van der Waals surface area contributed by atoms with E-state index >= 15 is 0 Å². The molecule has 1 aromatic heterocycles. The summed E-state index contributed by atoms with van der Waals surface area (Å²) in [7, 11) is 0. The largest absolute Gasteiger partial charge is 0.342 e. The zero-order valence-electron chi connectivity index (χ0n) is 12.9. The Bertz CT molecular complexity index is 786. The van der Waals surface area contributed by atoms with Gasteiger partial charge in [-0.2, -0.15) is 0 Å². The van der Waals surface area contributed by atoms with E-state index in [0.29, 0.717) is 15.9 Å². The van der Waals surface area contributed by atoms with E-state index < -0.39 is 5.91 Å². The van der Waals surface area contributed by atoms with Gasteiger partial charge in [-0.25, -0.2) is 9.97 Å². The molecule has 126 valence electrons. The van der Waals surface area contributed by atoms with Crippen LogP contribution in [-0.4, -0.2) is 34.6 Å². The second-order valence-corrected chi connectivity index (χ2v) is 6.28. The van der Waals surface area contributed by atoms with Crippen molar-refractivity contribution < 1.29 is 9.59 Å². The molecule has 0 atom stereocenters. The van der Waals surface area contributed by atoms with Crippen LogP contribution in [0.25, 0.3) is 0 Å². The molecule has 0 aliphatic heterocycles. The Morgan fingerprint density at radius 3 is 2.71 bits per heavy atom. The molecule has 24 heavy (non-hydrogen) atoms. The first kappa shape index (κ1) is 18.5. The van der Waals surface area contributed by atoms with E-state index in [0.717, 1.165) is 5.56 Å². The van der Waals surface area contributed by atoms with Crippen LogP contribution in [-0.2, 0) is 4.79 Å². The van der Waals surface area contributed by atoms with Gasteiger partial charge in [-0.3, -0.25) is 9.59 Å². The Morgan fingerprint density at radius 2 is 2.00 bits per heavy atom. The third-order valence-electron chi connectivity index (χ3n) is 3.07. The number of nitrogens with zero attached hydrogens (tertiary/aromatic N) is 2.